The third-order valence-electron chi connectivity index (χ3n) is 9.11. The first kappa shape index (κ1) is 31.8. The molecule has 0 bridgehead atoms. The fourth-order valence-corrected chi connectivity index (χ4v) is 6.41. The molecule has 0 aliphatic heterocycles. The molecule has 1 aliphatic rings. The summed E-state index contributed by atoms with van der Waals surface area (Å²) in [5.74, 6) is 0.800. The Kier molecular flexibility index (Phi) is 12.0. The maximum atomic E-state index is 11.7. The molecule has 42 heavy (non-hydrogen) atoms. The number of carbonyl (C=O) groups excluding carboxylic acids is 1. The molecule has 0 spiro atoms. The van der Waals surface area contributed by atoms with Crippen LogP contribution in [0.5, 0.6) is 0 Å². The van der Waals surface area contributed by atoms with Gasteiger partial charge in [0.1, 0.15) is 0 Å². The predicted octanol–water partition coefficient (Wildman–Crippen LogP) is 9.36. The van der Waals surface area contributed by atoms with E-state index in [0.29, 0.717) is 23.8 Å². The Morgan fingerprint density at radius 3 is 2.02 bits per heavy atom. The highest BCUT2D eigenvalue weighted by Crippen LogP contribution is 2.41. The van der Waals surface area contributed by atoms with E-state index in [1.807, 2.05) is 0 Å². The maximum absolute atomic E-state index is 11.7. The molecule has 1 N–H and O–H groups in total. The van der Waals surface area contributed by atoms with Crippen molar-refractivity contribution in [1.29, 1.82) is 0 Å². The number of aryl methyl sites for hydroxylation is 2. The molecule has 3 aromatic carbocycles. The molecule has 1 aliphatic carbocycles. The van der Waals surface area contributed by atoms with Gasteiger partial charge in [-0.25, -0.2) is 4.79 Å². The summed E-state index contributed by atoms with van der Waals surface area (Å²) >= 11 is 0. The monoisotopic (exact) mass is 566 g/mol. The molecular weight excluding hydrogens is 516 g/mol. The van der Waals surface area contributed by atoms with Crippen molar-refractivity contribution in [3.05, 3.63) is 107 Å². The molecule has 4 rings (SSSR count). The average Bonchev–Trinajstić information content (AvgIpc) is 3.03. The Morgan fingerprint density at radius 1 is 0.857 bits per heavy atom. The van der Waals surface area contributed by atoms with E-state index >= 15 is 0 Å². The summed E-state index contributed by atoms with van der Waals surface area (Å²) in [5, 5.41) is 9.73. The highest BCUT2D eigenvalue weighted by Gasteiger charge is 2.24. The highest BCUT2D eigenvalue weighted by molar-refractivity contribution is 5.86. The molecule has 1 saturated carbocycles. The summed E-state index contributed by atoms with van der Waals surface area (Å²) in [4.78, 5) is 11.7. The smallest absolute Gasteiger partial charge is 0.333 e. The van der Waals surface area contributed by atoms with Crippen LogP contribution in [0.25, 0.3) is 11.1 Å². The number of aliphatic hydroxyl groups is 1. The number of esters is 1. The Bertz CT molecular complexity index is 1280. The van der Waals surface area contributed by atoms with E-state index in [1.165, 1.54) is 68.1 Å². The van der Waals surface area contributed by atoms with Crippen LogP contribution in [0.3, 0.4) is 0 Å². The Labute approximate surface area is 254 Å². The highest BCUT2D eigenvalue weighted by atomic mass is 16.5. The van der Waals surface area contributed by atoms with Crippen LogP contribution >= 0.6 is 0 Å². The van der Waals surface area contributed by atoms with Crippen molar-refractivity contribution in [2.24, 2.45) is 5.92 Å². The van der Waals surface area contributed by atoms with Gasteiger partial charge < -0.3 is 9.84 Å². The molecule has 3 heteroatoms. The zero-order valence-corrected chi connectivity index (χ0v) is 26.0. The number of hydrogen-bond donors (Lipinski definition) is 1. The van der Waals surface area contributed by atoms with Crippen LogP contribution in [-0.4, -0.2) is 24.3 Å². The van der Waals surface area contributed by atoms with Crippen molar-refractivity contribution in [2.75, 3.05) is 13.2 Å². The van der Waals surface area contributed by atoms with Gasteiger partial charge in [0, 0.05) is 18.1 Å². The van der Waals surface area contributed by atoms with Crippen LogP contribution in [0, 0.1) is 5.92 Å². The lowest BCUT2D eigenvalue weighted by Crippen LogP contribution is -2.19. The van der Waals surface area contributed by atoms with Crippen LogP contribution in [0.1, 0.15) is 105 Å². The largest absolute Gasteiger partial charge is 0.462 e. The number of carbonyl (C=O) groups is 1. The number of rotatable bonds is 14. The molecule has 1 atom stereocenters. The zero-order valence-electron chi connectivity index (χ0n) is 26.0. The summed E-state index contributed by atoms with van der Waals surface area (Å²) in [5.41, 5.74) is 10.0. The molecule has 3 aromatic rings. The second-order valence-corrected chi connectivity index (χ2v) is 12.3. The van der Waals surface area contributed by atoms with E-state index in [9.17, 15) is 9.90 Å². The van der Waals surface area contributed by atoms with Gasteiger partial charge in [-0.1, -0.05) is 100.0 Å². The molecule has 0 saturated heterocycles. The van der Waals surface area contributed by atoms with Crippen molar-refractivity contribution >= 4 is 5.97 Å². The standard InChI is InChI=1S/C39H50O3/c1-5-7-8-9-32-22-23-38(25-31(32)6-2)37-20-18-36(19-21-37)35-16-14-34(15-17-35)33-12-10-29(11-13-33)24-30(26-40)27-42-39(41)28(3)4/h10-17,22-23,25,30,36-37,40H,3,5-9,18-21,24,26-27H2,1-2,4H3. The van der Waals surface area contributed by atoms with Crippen molar-refractivity contribution in [2.45, 2.75) is 96.8 Å². The van der Waals surface area contributed by atoms with Crippen molar-refractivity contribution in [3.63, 3.8) is 0 Å². The lowest BCUT2D eigenvalue weighted by Gasteiger charge is -2.30. The Hall–Kier alpha value is -3.17. The number of ether oxygens (including phenoxy) is 1. The van der Waals surface area contributed by atoms with E-state index in [0.717, 1.165) is 12.0 Å². The van der Waals surface area contributed by atoms with Gasteiger partial charge in [-0.2, -0.15) is 0 Å². The minimum atomic E-state index is -0.409. The van der Waals surface area contributed by atoms with E-state index in [1.54, 1.807) is 23.6 Å². The molecule has 0 aromatic heterocycles. The number of aliphatic hydroxyl groups excluding tert-OH is 1. The van der Waals surface area contributed by atoms with Gasteiger partial charge in [0.25, 0.3) is 0 Å². The average molecular weight is 567 g/mol. The van der Waals surface area contributed by atoms with Crippen molar-refractivity contribution < 1.29 is 14.6 Å². The molecular formula is C39H50O3. The van der Waals surface area contributed by atoms with E-state index in [4.69, 9.17) is 4.74 Å². The minimum Gasteiger partial charge on any atom is -0.462 e. The lowest BCUT2D eigenvalue weighted by atomic mass is 9.75. The third kappa shape index (κ3) is 8.67. The quantitative estimate of drug-likeness (QED) is 0.120. The summed E-state index contributed by atoms with van der Waals surface area (Å²) < 4.78 is 5.24. The summed E-state index contributed by atoms with van der Waals surface area (Å²) in [6.07, 6.45) is 12.0. The molecule has 0 amide bonds. The van der Waals surface area contributed by atoms with E-state index in [2.05, 4.69) is 87.2 Å². The van der Waals surface area contributed by atoms with Crippen LogP contribution in [0.15, 0.2) is 78.9 Å². The number of hydrogen-bond acceptors (Lipinski definition) is 3. The fraction of sp³-hybridized carbons (Fsp3) is 0.462. The first-order valence-electron chi connectivity index (χ1n) is 16.2. The third-order valence-corrected chi connectivity index (χ3v) is 9.11. The first-order valence-corrected chi connectivity index (χ1v) is 16.2. The number of benzene rings is 3. The molecule has 224 valence electrons. The van der Waals surface area contributed by atoms with E-state index < -0.39 is 5.97 Å². The fourth-order valence-electron chi connectivity index (χ4n) is 6.41. The van der Waals surface area contributed by atoms with Gasteiger partial charge in [-0.3, -0.25) is 0 Å². The van der Waals surface area contributed by atoms with Gasteiger partial charge in [-0.05, 0) is 109 Å². The molecule has 1 fully saturated rings. The van der Waals surface area contributed by atoms with Crippen molar-refractivity contribution in [1.82, 2.24) is 0 Å². The van der Waals surface area contributed by atoms with Crippen molar-refractivity contribution in [3.8, 4) is 11.1 Å². The maximum Gasteiger partial charge on any atom is 0.333 e. The SMILES string of the molecule is C=C(C)C(=O)OCC(CO)Cc1ccc(-c2ccc(C3CCC(c4ccc(CCCCC)c(CC)c4)CC3)cc2)cc1. The summed E-state index contributed by atoms with van der Waals surface area (Å²) in [7, 11) is 0. The molecule has 1 unspecified atom stereocenters. The topological polar surface area (TPSA) is 46.5 Å². The van der Waals surface area contributed by atoms with Crippen LogP contribution in [-0.2, 0) is 28.8 Å². The van der Waals surface area contributed by atoms with Gasteiger partial charge in [0.2, 0.25) is 0 Å². The van der Waals surface area contributed by atoms with E-state index in [-0.39, 0.29) is 19.1 Å². The number of unbranched alkanes of at least 4 members (excludes halogenated alkanes) is 2. The van der Waals surface area contributed by atoms with Gasteiger partial charge >= 0.3 is 5.97 Å². The summed E-state index contributed by atoms with van der Waals surface area (Å²) in [6.45, 7) is 9.98. The first-order chi connectivity index (χ1) is 20.4. The molecule has 3 nitrogen and oxygen atoms in total. The second kappa shape index (κ2) is 15.9. The Balaban J connectivity index is 1.30. The summed E-state index contributed by atoms with van der Waals surface area (Å²) in [6, 6.07) is 25.0. The van der Waals surface area contributed by atoms with Crippen LogP contribution in [0.2, 0.25) is 0 Å². The lowest BCUT2D eigenvalue weighted by molar-refractivity contribution is -0.140. The van der Waals surface area contributed by atoms with Gasteiger partial charge in [0.05, 0.1) is 6.61 Å². The van der Waals surface area contributed by atoms with Crippen LogP contribution in [0.4, 0.5) is 0 Å². The van der Waals surface area contributed by atoms with Gasteiger partial charge in [0.15, 0.2) is 0 Å². The molecule has 0 radical (unpaired) electrons. The molecule has 0 heterocycles. The zero-order chi connectivity index (χ0) is 29.9. The van der Waals surface area contributed by atoms with Crippen LogP contribution < -0.4 is 0 Å². The second-order valence-electron chi connectivity index (χ2n) is 12.3. The van der Waals surface area contributed by atoms with Gasteiger partial charge in [-0.15, -0.1) is 0 Å². The minimum absolute atomic E-state index is 0.0280. The normalized spacial score (nSPS) is 17.5. The Morgan fingerprint density at radius 2 is 1.45 bits per heavy atom. The predicted molar refractivity (Wildman–Crippen MR) is 175 cm³/mol.